The van der Waals surface area contributed by atoms with E-state index in [4.69, 9.17) is 0 Å². The molecule has 1 aromatic carbocycles. The maximum absolute atomic E-state index is 12.3. The molecule has 1 N–H and O–H groups in total. The van der Waals surface area contributed by atoms with Gasteiger partial charge < -0.3 is 4.98 Å². The lowest BCUT2D eigenvalue weighted by Gasteiger charge is -2.16. The highest BCUT2D eigenvalue weighted by atomic mass is 32.2. The van der Waals surface area contributed by atoms with Crippen molar-refractivity contribution >= 4 is 20.9 Å². The predicted molar refractivity (Wildman–Crippen MR) is 85.9 cm³/mol. The van der Waals surface area contributed by atoms with Crippen LogP contribution in [0.4, 0.5) is 0 Å². The van der Waals surface area contributed by atoms with Crippen molar-refractivity contribution in [1.82, 2.24) is 9.29 Å². The van der Waals surface area contributed by atoms with Gasteiger partial charge in [0.1, 0.15) is 0 Å². The topological polar surface area (TPSA) is 53.2 Å². The highest BCUT2D eigenvalue weighted by Gasteiger charge is 2.32. The second-order valence-electron chi connectivity index (χ2n) is 5.80. The molecule has 2 aromatic rings. The Kier molecular flexibility index (Phi) is 4.04. The Morgan fingerprint density at radius 1 is 1.33 bits per heavy atom. The SMILES string of the molecule is CCCCS(=O)(=O)N1CCC(c2c[nH]c3ccccc23)C1. The average molecular weight is 306 g/mol. The molecule has 4 nitrogen and oxygen atoms in total. The second-order valence-corrected chi connectivity index (χ2v) is 7.89. The van der Waals surface area contributed by atoms with Crippen molar-refractivity contribution in [1.29, 1.82) is 0 Å². The smallest absolute Gasteiger partial charge is 0.214 e. The van der Waals surface area contributed by atoms with E-state index in [-0.39, 0.29) is 5.75 Å². The van der Waals surface area contributed by atoms with Crippen LogP contribution in [0.2, 0.25) is 0 Å². The molecule has 3 rings (SSSR count). The average Bonchev–Trinajstić information content (AvgIpc) is 3.11. The Bertz CT molecular complexity index is 721. The summed E-state index contributed by atoms with van der Waals surface area (Å²) in [5, 5.41) is 1.22. The summed E-state index contributed by atoms with van der Waals surface area (Å²) >= 11 is 0. The molecule has 1 atom stereocenters. The zero-order valence-corrected chi connectivity index (χ0v) is 13.2. The van der Waals surface area contributed by atoms with Crippen molar-refractivity contribution < 1.29 is 8.42 Å². The standard InChI is InChI=1S/C16H22N2O2S/c1-2-3-10-21(19,20)18-9-8-13(12-18)15-11-17-16-7-5-4-6-14(15)16/h4-7,11,13,17H,2-3,8-10,12H2,1H3. The minimum atomic E-state index is -3.08. The molecule has 0 aliphatic carbocycles. The number of sulfonamides is 1. The summed E-state index contributed by atoms with van der Waals surface area (Å²) in [6.45, 7) is 3.29. The van der Waals surface area contributed by atoms with Crippen LogP contribution < -0.4 is 0 Å². The Labute approximate surface area is 126 Å². The Morgan fingerprint density at radius 2 is 2.14 bits per heavy atom. The monoisotopic (exact) mass is 306 g/mol. The van der Waals surface area contributed by atoms with Crippen molar-refractivity contribution in [2.75, 3.05) is 18.8 Å². The molecule has 1 aromatic heterocycles. The number of hydrogen-bond donors (Lipinski definition) is 1. The maximum atomic E-state index is 12.3. The summed E-state index contributed by atoms with van der Waals surface area (Å²) in [5.41, 5.74) is 2.37. The van der Waals surface area contributed by atoms with Gasteiger partial charge in [0.25, 0.3) is 0 Å². The number of aromatic nitrogens is 1. The minimum Gasteiger partial charge on any atom is -0.361 e. The number of H-pyrrole nitrogens is 1. The normalized spacial score (nSPS) is 20.3. The van der Waals surface area contributed by atoms with Gasteiger partial charge in [-0.25, -0.2) is 12.7 Å². The van der Waals surface area contributed by atoms with E-state index in [9.17, 15) is 8.42 Å². The largest absolute Gasteiger partial charge is 0.361 e. The molecule has 5 heteroatoms. The van der Waals surface area contributed by atoms with E-state index in [2.05, 4.69) is 17.1 Å². The van der Waals surface area contributed by atoms with Gasteiger partial charge in [-0.2, -0.15) is 0 Å². The van der Waals surface area contributed by atoms with Crippen LogP contribution in [0, 0.1) is 0 Å². The van der Waals surface area contributed by atoms with Gasteiger partial charge in [-0.05, 0) is 24.5 Å². The van der Waals surface area contributed by atoms with E-state index < -0.39 is 10.0 Å². The molecule has 1 saturated heterocycles. The third-order valence-electron chi connectivity index (χ3n) is 4.36. The summed E-state index contributed by atoms with van der Waals surface area (Å²) in [7, 11) is -3.08. The third kappa shape index (κ3) is 2.85. The fraction of sp³-hybridized carbons (Fsp3) is 0.500. The van der Waals surface area contributed by atoms with Crippen LogP contribution in [0.5, 0.6) is 0 Å². The van der Waals surface area contributed by atoms with E-state index in [0.717, 1.165) is 24.8 Å². The van der Waals surface area contributed by atoms with Crippen LogP contribution in [0.1, 0.15) is 37.7 Å². The van der Waals surface area contributed by atoms with Crippen LogP contribution in [-0.2, 0) is 10.0 Å². The van der Waals surface area contributed by atoms with Crippen molar-refractivity contribution in [3.63, 3.8) is 0 Å². The van der Waals surface area contributed by atoms with Gasteiger partial charge in [0.15, 0.2) is 0 Å². The quantitative estimate of drug-likeness (QED) is 0.923. The third-order valence-corrected chi connectivity index (χ3v) is 6.28. The molecule has 1 aliphatic rings. The first-order valence-corrected chi connectivity index (χ1v) is 9.26. The van der Waals surface area contributed by atoms with E-state index in [1.165, 1.54) is 10.9 Å². The van der Waals surface area contributed by atoms with Crippen LogP contribution in [0.25, 0.3) is 10.9 Å². The number of fused-ring (bicyclic) bond motifs is 1. The number of hydrogen-bond acceptors (Lipinski definition) is 2. The zero-order valence-electron chi connectivity index (χ0n) is 12.4. The van der Waals surface area contributed by atoms with Crippen molar-refractivity contribution in [2.45, 2.75) is 32.1 Å². The molecule has 0 radical (unpaired) electrons. The fourth-order valence-electron chi connectivity index (χ4n) is 3.12. The lowest BCUT2D eigenvalue weighted by atomic mass is 9.98. The molecule has 1 aliphatic heterocycles. The Balaban J connectivity index is 1.78. The number of nitrogens with one attached hydrogen (secondary N) is 1. The van der Waals surface area contributed by atoms with Crippen LogP contribution in [-0.4, -0.2) is 36.5 Å². The molecule has 0 amide bonds. The van der Waals surface area contributed by atoms with Gasteiger partial charge in [-0.15, -0.1) is 0 Å². The molecular weight excluding hydrogens is 284 g/mol. The fourth-order valence-corrected chi connectivity index (χ4v) is 4.82. The number of benzene rings is 1. The minimum absolute atomic E-state index is 0.282. The Hall–Kier alpha value is -1.33. The number of para-hydroxylation sites is 1. The highest BCUT2D eigenvalue weighted by molar-refractivity contribution is 7.89. The molecule has 0 bridgehead atoms. The van der Waals surface area contributed by atoms with E-state index >= 15 is 0 Å². The van der Waals surface area contributed by atoms with Gasteiger partial charge in [-0.1, -0.05) is 31.5 Å². The molecule has 21 heavy (non-hydrogen) atoms. The molecule has 0 spiro atoms. The highest BCUT2D eigenvalue weighted by Crippen LogP contribution is 2.33. The summed E-state index contributed by atoms with van der Waals surface area (Å²) in [5.74, 6) is 0.585. The number of nitrogens with zero attached hydrogens (tertiary/aromatic N) is 1. The van der Waals surface area contributed by atoms with E-state index in [1.54, 1.807) is 4.31 Å². The van der Waals surface area contributed by atoms with Crippen molar-refractivity contribution in [3.8, 4) is 0 Å². The molecule has 0 saturated carbocycles. The van der Waals surface area contributed by atoms with E-state index in [1.807, 2.05) is 25.3 Å². The molecule has 1 unspecified atom stereocenters. The second kappa shape index (κ2) is 5.81. The summed E-state index contributed by atoms with van der Waals surface area (Å²) in [6.07, 6.45) is 4.61. The summed E-state index contributed by atoms with van der Waals surface area (Å²) in [6, 6.07) is 8.21. The van der Waals surface area contributed by atoms with Gasteiger partial charge in [0, 0.05) is 36.1 Å². The first-order chi connectivity index (χ1) is 10.1. The van der Waals surface area contributed by atoms with Gasteiger partial charge >= 0.3 is 0 Å². The first kappa shape index (κ1) is 14.6. The molecule has 114 valence electrons. The molecule has 2 heterocycles. The molecular formula is C16H22N2O2S. The van der Waals surface area contributed by atoms with Crippen molar-refractivity contribution in [2.24, 2.45) is 0 Å². The van der Waals surface area contributed by atoms with Crippen LogP contribution >= 0.6 is 0 Å². The molecule has 1 fully saturated rings. The summed E-state index contributed by atoms with van der Waals surface area (Å²) in [4.78, 5) is 3.28. The first-order valence-electron chi connectivity index (χ1n) is 7.65. The number of aromatic amines is 1. The van der Waals surface area contributed by atoms with Gasteiger partial charge in [-0.3, -0.25) is 0 Å². The number of unbranched alkanes of at least 4 members (excludes halogenated alkanes) is 1. The number of rotatable bonds is 5. The Morgan fingerprint density at radius 3 is 2.95 bits per heavy atom. The zero-order chi connectivity index (χ0) is 14.9. The lowest BCUT2D eigenvalue weighted by Crippen LogP contribution is -2.30. The van der Waals surface area contributed by atoms with E-state index in [0.29, 0.717) is 19.0 Å². The maximum Gasteiger partial charge on any atom is 0.214 e. The van der Waals surface area contributed by atoms with Gasteiger partial charge in [0.05, 0.1) is 5.75 Å². The van der Waals surface area contributed by atoms with Crippen LogP contribution in [0.3, 0.4) is 0 Å². The van der Waals surface area contributed by atoms with Gasteiger partial charge in [0.2, 0.25) is 10.0 Å². The van der Waals surface area contributed by atoms with Crippen LogP contribution in [0.15, 0.2) is 30.5 Å². The van der Waals surface area contributed by atoms with Crippen molar-refractivity contribution in [3.05, 3.63) is 36.0 Å². The predicted octanol–water partition coefficient (Wildman–Crippen LogP) is 3.09. The lowest BCUT2D eigenvalue weighted by molar-refractivity contribution is 0.471. The summed E-state index contributed by atoms with van der Waals surface area (Å²) < 4.78 is 26.3.